The van der Waals surface area contributed by atoms with Crippen molar-refractivity contribution < 1.29 is 28.2 Å². The van der Waals surface area contributed by atoms with Crippen LogP contribution in [-0.4, -0.2) is 49.7 Å². The zero-order valence-electron chi connectivity index (χ0n) is 18.5. The van der Waals surface area contributed by atoms with Gasteiger partial charge < -0.3 is 34.0 Å². The number of aromatic nitrogens is 1. The van der Waals surface area contributed by atoms with Gasteiger partial charge in [0.2, 0.25) is 11.8 Å². The summed E-state index contributed by atoms with van der Waals surface area (Å²) in [5.41, 5.74) is 7.56. The van der Waals surface area contributed by atoms with Crippen LogP contribution in [0.5, 0.6) is 17.4 Å². The molecule has 0 saturated carbocycles. The molecule has 0 spiro atoms. The lowest BCUT2D eigenvalue weighted by Crippen LogP contribution is -2.37. The number of rotatable bonds is 9. The summed E-state index contributed by atoms with van der Waals surface area (Å²) in [5, 5.41) is 8.81. The molecule has 10 heteroatoms. The predicted octanol–water partition coefficient (Wildman–Crippen LogP) is 2.29. The number of fused-ring (bicyclic) bond motifs is 1. The van der Waals surface area contributed by atoms with Gasteiger partial charge in [0.25, 0.3) is 5.91 Å². The zero-order chi connectivity index (χ0) is 23.3. The van der Waals surface area contributed by atoms with Crippen LogP contribution < -0.4 is 19.9 Å². The first-order valence-electron chi connectivity index (χ1n) is 10.1. The molecule has 0 saturated heterocycles. The van der Waals surface area contributed by atoms with Gasteiger partial charge in [0.1, 0.15) is 18.4 Å². The number of hydrogen-bond donors (Lipinski definition) is 1. The first-order valence-corrected chi connectivity index (χ1v) is 10.1. The fraction of sp³-hybridized carbons (Fsp3) is 0.409. The quantitative estimate of drug-likeness (QED) is 0.621. The molecular weight excluding hydrogens is 416 g/mol. The van der Waals surface area contributed by atoms with E-state index < -0.39 is 5.92 Å². The summed E-state index contributed by atoms with van der Waals surface area (Å²) >= 11 is 0. The van der Waals surface area contributed by atoms with E-state index in [2.05, 4.69) is 4.98 Å². The number of methoxy groups -OCH3 is 2. The Morgan fingerprint density at radius 1 is 1.28 bits per heavy atom. The van der Waals surface area contributed by atoms with Gasteiger partial charge in [-0.15, -0.1) is 0 Å². The van der Waals surface area contributed by atoms with Crippen molar-refractivity contribution in [2.75, 3.05) is 33.9 Å². The minimum atomic E-state index is -0.667. The van der Waals surface area contributed by atoms with Crippen molar-refractivity contribution in [3.8, 4) is 23.5 Å². The molecule has 0 radical (unpaired) electrons. The van der Waals surface area contributed by atoms with Crippen molar-refractivity contribution in [1.29, 1.82) is 5.26 Å². The molecule has 0 unspecified atom stereocenters. The van der Waals surface area contributed by atoms with Crippen molar-refractivity contribution in [3.63, 3.8) is 0 Å². The second-order valence-electron chi connectivity index (χ2n) is 6.86. The molecule has 1 aromatic heterocycles. The summed E-state index contributed by atoms with van der Waals surface area (Å²) in [4.78, 5) is 19.6. The maximum Gasteiger partial charge on any atom is 0.316 e. The third kappa shape index (κ3) is 4.33. The smallest absolute Gasteiger partial charge is 0.316 e. The van der Waals surface area contributed by atoms with E-state index in [1.807, 2.05) is 19.9 Å². The Morgan fingerprint density at radius 3 is 2.66 bits per heavy atom. The lowest BCUT2D eigenvalue weighted by atomic mass is 9.86. The van der Waals surface area contributed by atoms with Gasteiger partial charge >= 0.3 is 5.95 Å². The van der Waals surface area contributed by atoms with E-state index in [-0.39, 0.29) is 36.5 Å². The molecule has 3 rings (SSSR count). The number of benzene rings is 1. The van der Waals surface area contributed by atoms with Crippen molar-refractivity contribution >= 4 is 5.91 Å². The molecular formula is C22H26N4O6. The standard InChI is InChI=1S/C22H26N4O6/c1-5-26(6-2)21(27)18-17(13-7-8-14(30-10-9-23)15(11-13)29-4)19-22(32-20(18)24)31-16(25-19)12-28-3/h7-8,11,17H,5-6,10,12,24H2,1-4H3/t17-/m0/s1. The Balaban J connectivity index is 2.15. The fourth-order valence-electron chi connectivity index (χ4n) is 3.56. The van der Waals surface area contributed by atoms with Crippen molar-refractivity contribution in [1.82, 2.24) is 9.88 Å². The van der Waals surface area contributed by atoms with E-state index in [0.717, 1.165) is 0 Å². The molecule has 1 aromatic carbocycles. The second-order valence-corrected chi connectivity index (χ2v) is 6.86. The highest BCUT2D eigenvalue weighted by Crippen LogP contribution is 2.44. The molecule has 1 aliphatic heterocycles. The zero-order valence-corrected chi connectivity index (χ0v) is 18.5. The van der Waals surface area contributed by atoms with Crippen LogP contribution in [0.15, 0.2) is 34.1 Å². The molecule has 1 amide bonds. The number of ether oxygens (including phenoxy) is 4. The molecule has 0 aliphatic carbocycles. The second kappa shape index (κ2) is 10.1. The highest BCUT2D eigenvalue weighted by atomic mass is 16.6. The normalized spacial score (nSPS) is 14.9. The Labute approximate surface area is 186 Å². The number of likely N-dealkylation sites (N-methyl/N-ethyl adjacent to an activating group) is 1. The van der Waals surface area contributed by atoms with Crippen LogP contribution in [0.4, 0.5) is 0 Å². The Bertz CT molecular complexity index is 1050. The summed E-state index contributed by atoms with van der Waals surface area (Å²) in [6, 6.07) is 7.09. The van der Waals surface area contributed by atoms with Gasteiger partial charge in [-0.05, 0) is 31.5 Å². The SMILES string of the molecule is CCN(CC)C(=O)C1=C(N)Oc2oc(COC)nc2[C@H]1c1ccc(OCC#N)c(OC)c1. The first-order chi connectivity index (χ1) is 15.5. The fourth-order valence-corrected chi connectivity index (χ4v) is 3.56. The minimum absolute atomic E-state index is 0.0525. The van der Waals surface area contributed by atoms with Crippen LogP contribution in [0, 0.1) is 11.3 Å². The Kier molecular flexibility index (Phi) is 7.22. The van der Waals surface area contributed by atoms with Crippen molar-refractivity contribution in [3.05, 3.63) is 46.8 Å². The number of hydrogen-bond acceptors (Lipinski definition) is 9. The van der Waals surface area contributed by atoms with E-state index in [1.54, 1.807) is 23.1 Å². The van der Waals surface area contributed by atoms with E-state index in [1.165, 1.54) is 14.2 Å². The van der Waals surface area contributed by atoms with Gasteiger partial charge in [0, 0.05) is 20.2 Å². The molecule has 2 aromatic rings. The number of nitriles is 1. The topological polar surface area (TPSA) is 133 Å². The highest BCUT2D eigenvalue weighted by Gasteiger charge is 2.40. The van der Waals surface area contributed by atoms with Crippen LogP contribution in [0.3, 0.4) is 0 Å². The summed E-state index contributed by atoms with van der Waals surface area (Å²) in [6.07, 6.45) is 0. The van der Waals surface area contributed by atoms with Crippen LogP contribution in [0.2, 0.25) is 0 Å². The molecule has 2 heterocycles. The number of oxazole rings is 1. The molecule has 170 valence electrons. The third-order valence-electron chi connectivity index (χ3n) is 5.06. The highest BCUT2D eigenvalue weighted by molar-refractivity contribution is 5.96. The van der Waals surface area contributed by atoms with Crippen LogP contribution >= 0.6 is 0 Å². The van der Waals surface area contributed by atoms with Crippen LogP contribution in [0.25, 0.3) is 0 Å². The van der Waals surface area contributed by atoms with E-state index in [4.69, 9.17) is 34.4 Å². The molecule has 32 heavy (non-hydrogen) atoms. The van der Waals surface area contributed by atoms with Crippen molar-refractivity contribution in [2.45, 2.75) is 26.4 Å². The minimum Gasteiger partial charge on any atom is -0.493 e. The number of nitrogens with zero attached hydrogens (tertiary/aromatic N) is 3. The van der Waals surface area contributed by atoms with Gasteiger partial charge in [0.05, 0.1) is 18.6 Å². The monoisotopic (exact) mass is 442 g/mol. The largest absolute Gasteiger partial charge is 0.493 e. The number of carbonyl (C=O) groups is 1. The summed E-state index contributed by atoms with van der Waals surface area (Å²) in [5.74, 6) is 0.234. The van der Waals surface area contributed by atoms with Crippen LogP contribution in [0.1, 0.15) is 36.9 Å². The molecule has 1 atom stereocenters. The Hall–Kier alpha value is -3.71. The maximum absolute atomic E-state index is 13.4. The third-order valence-corrected chi connectivity index (χ3v) is 5.06. The number of nitrogens with two attached hydrogens (primary N) is 1. The molecule has 0 fully saturated rings. The lowest BCUT2D eigenvalue weighted by Gasteiger charge is -2.28. The van der Waals surface area contributed by atoms with Crippen LogP contribution in [-0.2, 0) is 16.1 Å². The average molecular weight is 442 g/mol. The summed E-state index contributed by atoms with van der Waals surface area (Å²) < 4.78 is 27.3. The van der Waals surface area contributed by atoms with Gasteiger partial charge in [-0.1, -0.05) is 6.07 Å². The Morgan fingerprint density at radius 2 is 2.03 bits per heavy atom. The van der Waals surface area contributed by atoms with Crippen molar-refractivity contribution in [2.24, 2.45) is 5.73 Å². The maximum atomic E-state index is 13.4. The average Bonchev–Trinajstić information content (AvgIpc) is 3.19. The van der Waals surface area contributed by atoms with E-state index >= 15 is 0 Å². The predicted molar refractivity (Wildman–Crippen MR) is 113 cm³/mol. The molecule has 0 bridgehead atoms. The van der Waals surface area contributed by atoms with E-state index in [0.29, 0.717) is 41.7 Å². The lowest BCUT2D eigenvalue weighted by molar-refractivity contribution is -0.127. The molecule has 10 nitrogen and oxygen atoms in total. The van der Waals surface area contributed by atoms with Gasteiger partial charge in [-0.2, -0.15) is 5.26 Å². The summed E-state index contributed by atoms with van der Waals surface area (Å²) in [7, 11) is 3.01. The van der Waals surface area contributed by atoms with Gasteiger partial charge in [-0.25, -0.2) is 4.98 Å². The molecule has 1 aliphatic rings. The van der Waals surface area contributed by atoms with Gasteiger partial charge in [0.15, 0.2) is 18.1 Å². The number of amides is 1. The van der Waals surface area contributed by atoms with Gasteiger partial charge in [-0.3, -0.25) is 4.79 Å². The first kappa shape index (κ1) is 23.0. The summed E-state index contributed by atoms with van der Waals surface area (Å²) in [6.45, 7) is 4.79. The van der Waals surface area contributed by atoms with E-state index in [9.17, 15) is 4.79 Å². The molecule has 2 N–H and O–H groups in total. The number of carbonyl (C=O) groups excluding carboxylic acids is 1.